The highest BCUT2D eigenvalue weighted by molar-refractivity contribution is 5.65. The first-order chi connectivity index (χ1) is 9.92. The van der Waals surface area contributed by atoms with Crippen LogP contribution in [0.15, 0.2) is 18.2 Å². The summed E-state index contributed by atoms with van der Waals surface area (Å²) in [5, 5.41) is 5.90. The Kier molecular flexibility index (Phi) is 4.35. The van der Waals surface area contributed by atoms with E-state index in [9.17, 15) is 8.78 Å². The van der Waals surface area contributed by atoms with Crippen molar-refractivity contribution in [2.24, 2.45) is 0 Å². The molecule has 0 amide bonds. The van der Waals surface area contributed by atoms with E-state index in [4.69, 9.17) is 0 Å². The molecule has 112 valence electrons. The Morgan fingerprint density at radius 1 is 1.10 bits per heavy atom. The third-order valence-corrected chi connectivity index (χ3v) is 3.10. The van der Waals surface area contributed by atoms with Crippen molar-refractivity contribution in [3.05, 3.63) is 41.2 Å². The third kappa shape index (κ3) is 3.26. The summed E-state index contributed by atoms with van der Waals surface area (Å²) in [5.41, 5.74) is 0.945. The molecule has 0 aliphatic heterocycles. The second-order valence-electron chi connectivity index (χ2n) is 5.06. The van der Waals surface area contributed by atoms with Gasteiger partial charge in [-0.2, -0.15) is 0 Å². The van der Waals surface area contributed by atoms with Gasteiger partial charge in [0.05, 0.1) is 5.69 Å². The number of nitrogens with zero attached hydrogens (tertiary/aromatic N) is 2. The van der Waals surface area contributed by atoms with E-state index >= 15 is 0 Å². The number of halogens is 2. The lowest BCUT2D eigenvalue weighted by Crippen LogP contribution is -2.09. The second kappa shape index (κ2) is 6.03. The monoisotopic (exact) mass is 292 g/mol. The molecule has 2 rings (SSSR count). The molecule has 2 aromatic rings. The summed E-state index contributed by atoms with van der Waals surface area (Å²) in [5.74, 6) is 0.690. The summed E-state index contributed by atoms with van der Waals surface area (Å²) < 4.78 is 26.7. The van der Waals surface area contributed by atoms with Gasteiger partial charge in [-0.25, -0.2) is 18.7 Å². The maximum Gasteiger partial charge on any atom is 0.149 e. The van der Waals surface area contributed by atoms with Crippen LogP contribution in [0.2, 0.25) is 0 Å². The van der Waals surface area contributed by atoms with Crippen molar-refractivity contribution >= 4 is 17.3 Å². The van der Waals surface area contributed by atoms with E-state index in [1.54, 1.807) is 7.05 Å². The molecule has 1 aromatic heterocycles. The average molecular weight is 292 g/mol. The molecular formula is C15H18F2N4. The van der Waals surface area contributed by atoms with Gasteiger partial charge in [0.1, 0.15) is 29.1 Å². The van der Waals surface area contributed by atoms with E-state index in [-0.39, 0.29) is 11.6 Å². The third-order valence-electron chi connectivity index (χ3n) is 3.10. The molecule has 0 aliphatic rings. The van der Waals surface area contributed by atoms with Gasteiger partial charge in [0, 0.05) is 24.6 Å². The Hall–Kier alpha value is -2.24. The van der Waals surface area contributed by atoms with Crippen LogP contribution in [0.25, 0.3) is 0 Å². The molecule has 0 atom stereocenters. The molecule has 0 spiro atoms. The Morgan fingerprint density at radius 2 is 1.76 bits per heavy atom. The van der Waals surface area contributed by atoms with Crippen molar-refractivity contribution in [2.45, 2.75) is 26.7 Å². The topological polar surface area (TPSA) is 49.8 Å². The van der Waals surface area contributed by atoms with Crippen LogP contribution in [0.3, 0.4) is 0 Å². The lowest BCUT2D eigenvalue weighted by molar-refractivity contribution is 0.586. The molecule has 0 unspecified atom stereocenters. The van der Waals surface area contributed by atoms with Crippen LogP contribution in [0, 0.1) is 18.6 Å². The van der Waals surface area contributed by atoms with E-state index in [0.29, 0.717) is 17.5 Å². The minimum absolute atomic E-state index is 0.135. The van der Waals surface area contributed by atoms with Gasteiger partial charge in [0.25, 0.3) is 0 Å². The maximum absolute atomic E-state index is 13.7. The first kappa shape index (κ1) is 15.2. The Bertz CT molecular complexity index is 656. The van der Waals surface area contributed by atoms with Crippen molar-refractivity contribution in [2.75, 3.05) is 17.7 Å². The Morgan fingerprint density at radius 3 is 2.33 bits per heavy atom. The normalized spacial score (nSPS) is 10.8. The predicted molar refractivity (Wildman–Crippen MR) is 80.0 cm³/mol. The predicted octanol–water partition coefficient (Wildman–Crippen LogP) is 3.97. The van der Waals surface area contributed by atoms with Crippen molar-refractivity contribution in [3.8, 4) is 0 Å². The molecule has 1 heterocycles. The molecule has 0 radical (unpaired) electrons. The quantitative estimate of drug-likeness (QED) is 0.895. The highest BCUT2D eigenvalue weighted by Crippen LogP contribution is 2.27. The zero-order chi connectivity index (χ0) is 15.6. The molecule has 0 saturated carbocycles. The molecule has 0 saturated heterocycles. The van der Waals surface area contributed by atoms with Crippen LogP contribution < -0.4 is 10.6 Å². The van der Waals surface area contributed by atoms with Crippen molar-refractivity contribution in [3.63, 3.8) is 0 Å². The molecule has 0 bridgehead atoms. The highest BCUT2D eigenvalue weighted by atomic mass is 19.1. The number of rotatable bonds is 4. The van der Waals surface area contributed by atoms with Gasteiger partial charge < -0.3 is 10.6 Å². The molecule has 0 fully saturated rings. The minimum atomic E-state index is -0.662. The summed E-state index contributed by atoms with van der Waals surface area (Å²) in [4.78, 5) is 8.83. The van der Waals surface area contributed by atoms with Crippen LogP contribution in [0.1, 0.15) is 31.2 Å². The number of benzene rings is 1. The van der Waals surface area contributed by atoms with Crippen LogP contribution in [-0.2, 0) is 0 Å². The number of anilines is 3. The van der Waals surface area contributed by atoms with E-state index in [1.165, 1.54) is 12.1 Å². The van der Waals surface area contributed by atoms with E-state index in [1.807, 2.05) is 20.8 Å². The Labute approximate surface area is 122 Å². The second-order valence-corrected chi connectivity index (χ2v) is 5.06. The number of hydrogen-bond donors (Lipinski definition) is 2. The molecule has 6 heteroatoms. The largest absolute Gasteiger partial charge is 0.373 e. The summed E-state index contributed by atoms with van der Waals surface area (Å²) in [6, 6.07) is 3.38. The fraction of sp³-hybridized carbons (Fsp3) is 0.333. The van der Waals surface area contributed by atoms with Crippen LogP contribution in [0.5, 0.6) is 0 Å². The fourth-order valence-electron chi connectivity index (χ4n) is 1.88. The van der Waals surface area contributed by atoms with Gasteiger partial charge in [-0.1, -0.05) is 13.8 Å². The summed E-state index contributed by atoms with van der Waals surface area (Å²) in [6.07, 6.45) is 0. The van der Waals surface area contributed by atoms with Gasteiger partial charge >= 0.3 is 0 Å². The van der Waals surface area contributed by atoms with Gasteiger partial charge in [-0.3, -0.25) is 0 Å². The summed E-state index contributed by atoms with van der Waals surface area (Å²) in [7, 11) is 1.77. The molecule has 0 aliphatic carbocycles. The van der Waals surface area contributed by atoms with Crippen LogP contribution >= 0.6 is 0 Å². The van der Waals surface area contributed by atoms with Gasteiger partial charge in [0.15, 0.2) is 0 Å². The molecular weight excluding hydrogens is 274 g/mol. The molecule has 4 nitrogen and oxygen atoms in total. The summed E-state index contributed by atoms with van der Waals surface area (Å²) >= 11 is 0. The Balaban J connectivity index is 2.45. The first-order valence-corrected chi connectivity index (χ1v) is 6.70. The SMILES string of the molecule is CNc1nc(C(C)C)nc(Nc2ccc(F)cc2F)c1C. The molecule has 2 N–H and O–H groups in total. The summed E-state index contributed by atoms with van der Waals surface area (Å²) in [6.45, 7) is 5.79. The van der Waals surface area contributed by atoms with E-state index < -0.39 is 11.6 Å². The van der Waals surface area contributed by atoms with Crippen molar-refractivity contribution in [1.82, 2.24) is 9.97 Å². The molecule has 1 aromatic carbocycles. The van der Waals surface area contributed by atoms with Gasteiger partial charge in [-0.05, 0) is 19.1 Å². The van der Waals surface area contributed by atoms with Crippen molar-refractivity contribution < 1.29 is 8.78 Å². The van der Waals surface area contributed by atoms with Crippen LogP contribution in [-0.4, -0.2) is 17.0 Å². The smallest absolute Gasteiger partial charge is 0.149 e. The van der Waals surface area contributed by atoms with E-state index in [0.717, 1.165) is 11.6 Å². The minimum Gasteiger partial charge on any atom is -0.373 e. The van der Waals surface area contributed by atoms with Crippen LogP contribution in [0.4, 0.5) is 26.1 Å². The number of hydrogen-bond acceptors (Lipinski definition) is 4. The fourth-order valence-corrected chi connectivity index (χ4v) is 1.88. The highest BCUT2D eigenvalue weighted by Gasteiger charge is 2.14. The standard InChI is InChI=1S/C15H18F2N4/c1-8(2)13-20-14(18-4)9(3)15(21-13)19-12-6-5-10(16)7-11(12)17/h5-8H,1-4H3,(H2,18,19,20,21). The zero-order valence-corrected chi connectivity index (χ0v) is 12.5. The average Bonchev–Trinajstić information content (AvgIpc) is 2.43. The van der Waals surface area contributed by atoms with Crippen molar-refractivity contribution in [1.29, 1.82) is 0 Å². The van der Waals surface area contributed by atoms with Gasteiger partial charge in [-0.15, -0.1) is 0 Å². The van der Waals surface area contributed by atoms with Gasteiger partial charge in [0.2, 0.25) is 0 Å². The number of aromatic nitrogens is 2. The first-order valence-electron chi connectivity index (χ1n) is 6.70. The number of nitrogens with one attached hydrogen (secondary N) is 2. The molecule has 21 heavy (non-hydrogen) atoms. The lowest BCUT2D eigenvalue weighted by Gasteiger charge is -2.15. The maximum atomic E-state index is 13.7. The van der Waals surface area contributed by atoms with E-state index in [2.05, 4.69) is 20.6 Å². The zero-order valence-electron chi connectivity index (χ0n) is 12.5. The lowest BCUT2D eigenvalue weighted by atomic mass is 10.2.